The van der Waals surface area contributed by atoms with Crippen LogP contribution in [0, 0.1) is 10.1 Å². The lowest BCUT2D eigenvalue weighted by Gasteiger charge is -2.13. The Morgan fingerprint density at radius 2 is 1.88 bits per heavy atom. The van der Waals surface area contributed by atoms with Crippen molar-refractivity contribution in [3.8, 4) is 11.4 Å². The molecule has 0 fully saturated rings. The number of nitro groups is 1. The maximum Gasteiger partial charge on any atom is 0.416 e. The van der Waals surface area contributed by atoms with Crippen LogP contribution in [0.15, 0.2) is 71.9 Å². The van der Waals surface area contributed by atoms with Crippen molar-refractivity contribution < 1.29 is 27.6 Å². The third-order valence-corrected chi connectivity index (χ3v) is 5.93. The van der Waals surface area contributed by atoms with Crippen LogP contribution in [-0.2, 0) is 6.18 Å². The first kappa shape index (κ1) is 23.3. The van der Waals surface area contributed by atoms with E-state index in [0.717, 1.165) is 23.9 Å². The zero-order chi connectivity index (χ0) is 24.5. The number of nitrogens with zero attached hydrogens (tertiary/aromatic N) is 3. The smallest absolute Gasteiger partial charge is 0.416 e. The summed E-state index contributed by atoms with van der Waals surface area (Å²) in [5.41, 5.74) is 0.345. The van der Waals surface area contributed by atoms with Crippen LogP contribution in [0.4, 0.5) is 18.9 Å². The fraction of sp³-hybridized carbons (Fsp3) is 0.130. The van der Waals surface area contributed by atoms with Gasteiger partial charge in [0.05, 0.1) is 40.1 Å². The Morgan fingerprint density at radius 1 is 1.12 bits per heavy atom. The van der Waals surface area contributed by atoms with Gasteiger partial charge in [0.15, 0.2) is 10.9 Å². The Kier molecular flexibility index (Phi) is 6.29. The predicted octanol–water partition coefficient (Wildman–Crippen LogP) is 5.94. The van der Waals surface area contributed by atoms with Gasteiger partial charge in [0, 0.05) is 17.7 Å². The summed E-state index contributed by atoms with van der Waals surface area (Å²) in [6.07, 6.45) is -4.56. The summed E-state index contributed by atoms with van der Waals surface area (Å²) in [6.45, 7) is 0. The molecule has 0 unspecified atom stereocenters. The number of non-ortho nitro benzene ring substituents is 1. The Labute approximate surface area is 195 Å². The number of para-hydroxylation sites is 2. The molecule has 0 amide bonds. The molecule has 1 aromatic heterocycles. The van der Waals surface area contributed by atoms with Crippen molar-refractivity contribution in [2.75, 3.05) is 12.9 Å². The highest BCUT2D eigenvalue weighted by Gasteiger charge is 2.31. The van der Waals surface area contributed by atoms with E-state index in [0.29, 0.717) is 27.6 Å². The average molecular weight is 487 g/mol. The normalized spacial score (nSPS) is 11.5. The van der Waals surface area contributed by atoms with E-state index in [1.807, 2.05) is 0 Å². The highest BCUT2D eigenvalue weighted by atomic mass is 32.2. The predicted molar refractivity (Wildman–Crippen MR) is 121 cm³/mol. The van der Waals surface area contributed by atoms with Crippen LogP contribution >= 0.6 is 11.8 Å². The van der Waals surface area contributed by atoms with E-state index in [-0.39, 0.29) is 17.0 Å². The standard InChI is InChI=1S/C23H16F3N3O4S/c1-33-21-8-3-2-7-19(21)28-18-10-9-16(29(31)32)12-17(18)27-22(28)34-13-20(30)14-5-4-6-15(11-14)23(24,25)26/h2-12H,13H2,1H3. The molecule has 0 aliphatic rings. The van der Waals surface area contributed by atoms with E-state index in [1.54, 1.807) is 34.9 Å². The van der Waals surface area contributed by atoms with Crippen molar-refractivity contribution in [3.63, 3.8) is 0 Å². The first-order chi connectivity index (χ1) is 16.2. The molecule has 0 spiro atoms. The number of carbonyl (C=O) groups excluding carboxylic acids is 1. The Morgan fingerprint density at radius 3 is 2.59 bits per heavy atom. The Balaban J connectivity index is 1.73. The van der Waals surface area contributed by atoms with E-state index >= 15 is 0 Å². The van der Waals surface area contributed by atoms with Crippen molar-refractivity contribution in [2.45, 2.75) is 11.3 Å². The van der Waals surface area contributed by atoms with Gasteiger partial charge < -0.3 is 4.74 Å². The number of ketones is 1. The number of aromatic nitrogens is 2. The summed E-state index contributed by atoms with van der Waals surface area (Å²) in [4.78, 5) is 27.8. The first-order valence-corrected chi connectivity index (χ1v) is 10.8. The second-order valence-electron chi connectivity index (χ2n) is 7.12. The van der Waals surface area contributed by atoms with Crippen LogP contribution in [0.2, 0.25) is 0 Å². The molecular weight excluding hydrogens is 471 g/mol. The summed E-state index contributed by atoms with van der Waals surface area (Å²) < 4.78 is 46.2. The van der Waals surface area contributed by atoms with Crippen LogP contribution < -0.4 is 4.74 Å². The van der Waals surface area contributed by atoms with Crippen LogP contribution in [0.5, 0.6) is 5.75 Å². The van der Waals surface area contributed by atoms with Gasteiger partial charge in [0.1, 0.15) is 5.75 Å². The fourth-order valence-corrected chi connectivity index (χ4v) is 4.30. The molecular formula is C23H16F3N3O4S. The number of halogens is 3. The van der Waals surface area contributed by atoms with E-state index in [1.165, 1.54) is 31.4 Å². The molecule has 1 heterocycles. The van der Waals surface area contributed by atoms with Gasteiger partial charge in [-0.3, -0.25) is 19.5 Å². The maximum atomic E-state index is 13.0. The molecule has 0 saturated heterocycles. The third kappa shape index (κ3) is 4.60. The molecule has 0 aliphatic heterocycles. The van der Waals surface area contributed by atoms with E-state index in [9.17, 15) is 28.1 Å². The number of hydrogen-bond donors (Lipinski definition) is 0. The summed E-state index contributed by atoms with van der Waals surface area (Å²) in [5.74, 6) is -0.200. The summed E-state index contributed by atoms with van der Waals surface area (Å²) >= 11 is 1.01. The monoisotopic (exact) mass is 487 g/mol. The van der Waals surface area contributed by atoms with E-state index in [4.69, 9.17) is 4.74 Å². The number of Topliss-reactive ketones (excluding diaryl/α,β-unsaturated/α-hetero) is 1. The van der Waals surface area contributed by atoms with Crippen molar-refractivity contribution >= 4 is 34.3 Å². The molecule has 0 atom stereocenters. The van der Waals surface area contributed by atoms with Gasteiger partial charge in [0.25, 0.3) is 5.69 Å². The van der Waals surface area contributed by atoms with Crippen LogP contribution in [-0.4, -0.2) is 33.1 Å². The van der Waals surface area contributed by atoms with Gasteiger partial charge in [-0.15, -0.1) is 0 Å². The highest BCUT2D eigenvalue weighted by Crippen LogP contribution is 2.34. The number of thioether (sulfide) groups is 1. The number of hydrogen-bond acceptors (Lipinski definition) is 6. The SMILES string of the molecule is COc1ccccc1-n1c(SCC(=O)c2cccc(C(F)(F)F)c2)nc2cc([N+](=O)[O-])ccc21. The molecule has 0 aliphatic carbocycles. The molecule has 0 saturated carbocycles. The minimum Gasteiger partial charge on any atom is -0.495 e. The molecule has 0 N–H and O–H groups in total. The molecule has 0 radical (unpaired) electrons. The van der Waals surface area contributed by atoms with E-state index < -0.39 is 22.4 Å². The largest absolute Gasteiger partial charge is 0.495 e. The van der Waals surface area contributed by atoms with Gasteiger partial charge in [-0.25, -0.2) is 4.98 Å². The van der Waals surface area contributed by atoms with Gasteiger partial charge in [0.2, 0.25) is 0 Å². The third-order valence-electron chi connectivity index (χ3n) is 4.99. The molecule has 4 aromatic rings. The number of ether oxygens (including phenoxy) is 1. The quantitative estimate of drug-likeness (QED) is 0.139. The molecule has 34 heavy (non-hydrogen) atoms. The second-order valence-corrected chi connectivity index (χ2v) is 8.06. The molecule has 3 aromatic carbocycles. The van der Waals surface area contributed by atoms with Crippen molar-refractivity contribution in [2.24, 2.45) is 0 Å². The molecule has 4 rings (SSSR count). The number of alkyl halides is 3. The van der Waals surface area contributed by atoms with Crippen LogP contribution in [0.1, 0.15) is 15.9 Å². The number of fused-ring (bicyclic) bond motifs is 1. The van der Waals surface area contributed by atoms with E-state index in [2.05, 4.69) is 4.98 Å². The number of benzene rings is 3. The summed E-state index contributed by atoms with van der Waals surface area (Å²) in [5, 5.41) is 11.5. The van der Waals surface area contributed by atoms with Crippen molar-refractivity contribution in [1.82, 2.24) is 9.55 Å². The number of imidazole rings is 1. The number of methoxy groups -OCH3 is 1. The highest BCUT2D eigenvalue weighted by molar-refractivity contribution is 7.99. The number of nitro benzene ring substituents is 1. The molecule has 7 nitrogen and oxygen atoms in total. The zero-order valence-corrected chi connectivity index (χ0v) is 18.4. The lowest BCUT2D eigenvalue weighted by molar-refractivity contribution is -0.384. The molecule has 174 valence electrons. The number of rotatable bonds is 7. The van der Waals surface area contributed by atoms with Gasteiger partial charge >= 0.3 is 6.18 Å². The second kappa shape index (κ2) is 9.18. The van der Waals surface area contributed by atoms with Gasteiger partial charge in [-0.1, -0.05) is 36.0 Å². The van der Waals surface area contributed by atoms with Crippen molar-refractivity contribution in [3.05, 3.63) is 88.0 Å². The lowest BCUT2D eigenvalue weighted by Crippen LogP contribution is -2.09. The fourth-order valence-electron chi connectivity index (χ4n) is 3.39. The topological polar surface area (TPSA) is 87.3 Å². The van der Waals surface area contributed by atoms with Gasteiger partial charge in [-0.05, 0) is 30.3 Å². The van der Waals surface area contributed by atoms with Crippen molar-refractivity contribution in [1.29, 1.82) is 0 Å². The number of carbonyl (C=O) groups is 1. The minimum absolute atomic E-state index is 0.0714. The molecule has 11 heteroatoms. The maximum absolute atomic E-state index is 13.0. The summed E-state index contributed by atoms with van der Waals surface area (Å²) in [6, 6.07) is 15.5. The minimum atomic E-state index is -4.56. The zero-order valence-electron chi connectivity index (χ0n) is 17.6. The molecule has 0 bridgehead atoms. The van der Waals surface area contributed by atoms with Crippen LogP contribution in [0.3, 0.4) is 0 Å². The van der Waals surface area contributed by atoms with Crippen LogP contribution in [0.25, 0.3) is 16.7 Å². The Hall–Kier alpha value is -3.86. The lowest BCUT2D eigenvalue weighted by atomic mass is 10.1. The first-order valence-electron chi connectivity index (χ1n) is 9.82. The Bertz CT molecular complexity index is 1400. The van der Waals surface area contributed by atoms with Gasteiger partial charge in [-0.2, -0.15) is 13.2 Å². The summed E-state index contributed by atoms with van der Waals surface area (Å²) in [7, 11) is 1.49. The average Bonchev–Trinajstić information content (AvgIpc) is 3.19.